The summed E-state index contributed by atoms with van der Waals surface area (Å²) in [4.78, 5) is 6.79. The van der Waals surface area contributed by atoms with E-state index in [0.29, 0.717) is 18.2 Å². The van der Waals surface area contributed by atoms with E-state index in [-0.39, 0.29) is 30.6 Å². The summed E-state index contributed by atoms with van der Waals surface area (Å²) in [5.41, 5.74) is 1.68. The third-order valence-electron chi connectivity index (χ3n) is 3.96. The van der Waals surface area contributed by atoms with Crippen LogP contribution in [-0.4, -0.2) is 56.4 Å². The average molecular weight is 516 g/mol. The van der Waals surface area contributed by atoms with Gasteiger partial charge in [-0.3, -0.25) is 0 Å². The Hall–Kier alpha value is -1.07. The predicted octanol–water partition coefficient (Wildman–Crippen LogP) is 3.78. The lowest BCUT2D eigenvalue weighted by Crippen LogP contribution is -2.42. The highest BCUT2D eigenvalue weighted by Crippen LogP contribution is 2.16. The number of halogens is 4. The van der Waals surface area contributed by atoms with E-state index < -0.39 is 12.8 Å². The minimum atomic E-state index is -4.30. The molecular weight excluding hydrogens is 484 g/mol. The number of benzene rings is 1. The van der Waals surface area contributed by atoms with E-state index in [1.807, 2.05) is 19.1 Å². The Kier molecular flexibility index (Phi) is 13.5. The number of hydrogen-bond acceptors (Lipinski definition) is 3. The first-order valence-corrected chi connectivity index (χ1v) is 9.16. The summed E-state index contributed by atoms with van der Waals surface area (Å²) < 4.78 is 40.9. The number of ether oxygens (including phenoxy) is 1. The lowest BCUT2D eigenvalue weighted by Gasteiger charge is -2.21. The third kappa shape index (κ3) is 12.4. The van der Waals surface area contributed by atoms with E-state index in [1.165, 1.54) is 0 Å². The number of guanidine groups is 1. The van der Waals surface area contributed by atoms with Crippen LogP contribution in [0.1, 0.15) is 31.9 Å². The standard InChI is InChI=1S/C19H31F3N4O.HI/c1-5-23-18(24-10-11-26(4)15(2)3)25-12-16-6-8-17(9-7-16)13-27-14-19(20,21)22;/h6-9,15H,5,10-14H2,1-4H3,(H2,23,24,25);1H. The molecular formula is C19H32F3IN4O. The van der Waals surface area contributed by atoms with Gasteiger partial charge in [-0.05, 0) is 38.9 Å². The van der Waals surface area contributed by atoms with Crippen molar-refractivity contribution in [3.63, 3.8) is 0 Å². The molecule has 0 atom stereocenters. The first kappa shape index (κ1) is 26.9. The zero-order valence-electron chi connectivity index (χ0n) is 17.0. The van der Waals surface area contributed by atoms with Gasteiger partial charge in [0.1, 0.15) is 6.61 Å². The van der Waals surface area contributed by atoms with Crippen LogP contribution in [-0.2, 0) is 17.9 Å². The molecule has 1 rings (SSSR count). The molecule has 2 N–H and O–H groups in total. The molecule has 28 heavy (non-hydrogen) atoms. The van der Waals surface area contributed by atoms with Crippen LogP contribution in [0.25, 0.3) is 0 Å². The first-order chi connectivity index (χ1) is 12.7. The average Bonchev–Trinajstić information content (AvgIpc) is 2.59. The molecule has 0 aliphatic heterocycles. The zero-order chi connectivity index (χ0) is 20.3. The minimum Gasteiger partial charge on any atom is -0.367 e. The maximum atomic E-state index is 12.1. The highest BCUT2D eigenvalue weighted by atomic mass is 127. The van der Waals surface area contributed by atoms with Gasteiger partial charge in [-0.15, -0.1) is 24.0 Å². The molecule has 0 heterocycles. The van der Waals surface area contributed by atoms with E-state index in [0.717, 1.165) is 31.2 Å². The molecule has 1 aromatic carbocycles. The SMILES string of the molecule is CCNC(=NCc1ccc(COCC(F)(F)F)cc1)NCCN(C)C(C)C.I. The molecule has 0 saturated heterocycles. The molecule has 5 nitrogen and oxygen atoms in total. The van der Waals surface area contributed by atoms with Gasteiger partial charge in [-0.2, -0.15) is 13.2 Å². The molecule has 1 aromatic rings. The number of nitrogens with zero attached hydrogens (tertiary/aromatic N) is 2. The molecule has 0 unspecified atom stereocenters. The van der Waals surface area contributed by atoms with E-state index in [2.05, 4.69) is 46.2 Å². The highest BCUT2D eigenvalue weighted by Gasteiger charge is 2.27. The first-order valence-electron chi connectivity index (χ1n) is 9.16. The fourth-order valence-corrected chi connectivity index (χ4v) is 2.15. The fraction of sp³-hybridized carbons (Fsp3) is 0.632. The Morgan fingerprint density at radius 3 is 2.29 bits per heavy atom. The molecule has 162 valence electrons. The third-order valence-corrected chi connectivity index (χ3v) is 3.96. The van der Waals surface area contributed by atoms with Gasteiger partial charge in [-0.25, -0.2) is 4.99 Å². The van der Waals surface area contributed by atoms with Gasteiger partial charge in [0.2, 0.25) is 0 Å². The molecule has 0 spiro atoms. The van der Waals surface area contributed by atoms with Crippen LogP contribution in [0.2, 0.25) is 0 Å². The fourth-order valence-electron chi connectivity index (χ4n) is 2.15. The number of aliphatic imine (C=N–C) groups is 1. The molecule has 0 aromatic heterocycles. The zero-order valence-corrected chi connectivity index (χ0v) is 19.3. The summed E-state index contributed by atoms with van der Waals surface area (Å²) in [6, 6.07) is 7.72. The van der Waals surface area contributed by atoms with Crippen molar-refractivity contribution < 1.29 is 17.9 Å². The summed E-state index contributed by atoms with van der Waals surface area (Å²) >= 11 is 0. The van der Waals surface area contributed by atoms with Gasteiger partial charge < -0.3 is 20.3 Å². The van der Waals surface area contributed by atoms with Gasteiger partial charge in [0.15, 0.2) is 5.96 Å². The molecule has 0 amide bonds. The Morgan fingerprint density at radius 1 is 1.14 bits per heavy atom. The molecule has 0 aliphatic carbocycles. The number of nitrogens with one attached hydrogen (secondary N) is 2. The second kappa shape index (κ2) is 14.0. The van der Waals surface area contributed by atoms with Crippen molar-refractivity contribution in [2.75, 3.05) is 33.3 Å². The van der Waals surface area contributed by atoms with E-state index in [1.54, 1.807) is 12.1 Å². The molecule has 0 fully saturated rings. The van der Waals surface area contributed by atoms with Crippen LogP contribution in [0, 0.1) is 0 Å². The number of likely N-dealkylation sites (N-methyl/N-ethyl adjacent to an activating group) is 1. The maximum absolute atomic E-state index is 12.1. The number of hydrogen-bond donors (Lipinski definition) is 2. The Balaban J connectivity index is 0.00000729. The van der Waals surface area contributed by atoms with Crippen molar-refractivity contribution in [3.8, 4) is 0 Å². The van der Waals surface area contributed by atoms with Crippen LogP contribution in [0.15, 0.2) is 29.3 Å². The maximum Gasteiger partial charge on any atom is 0.411 e. The van der Waals surface area contributed by atoms with Gasteiger partial charge in [-0.1, -0.05) is 24.3 Å². The van der Waals surface area contributed by atoms with Crippen LogP contribution in [0.3, 0.4) is 0 Å². The van der Waals surface area contributed by atoms with Crippen molar-refractivity contribution in [3.05, 3.63) is 35.4 Å². The summed E-state index contributed by atoms with van der Waals surface area (Å²) in [6.07, 6.45) is -4.30. The molecule has 0 aliphatic rings. The Morgan fingerprint density at radius 2 is 1.75 bits per heavy atom. The molecule has 0 saturated carbocycles. The van der Waals surface area contributed by atoms with Gasteiger partial charge in [0.05, 0.1) is 13.2 Å². The number of alkyl halides is 3. The minimum absolute atomic E-state index is 0. The van der Waals surface area contributed by atoms with Crippen LogP contribution < -0.4 is 10.6 Å². The van der Waals surface area contributed by atoms with Gasteiger partial charge in [0.25, 0.3) is 0 Å². The predicted molar refractivity (Wildman–Crippen MR) is 118 cm³/mol. The van der Waals surface area contributed by atoms with Crippen LogP contribution in [0.4, 0.5) is 13.2 Å². The van der Waals surface area contributed by atoms with Crippen molar-refractivity contribution in [1.29, 1.82) is 0 Å². The molecule has 9 heteroatoms. The molecule has 0 bridgehead atoms. The topological polar surface area (TPSA) is 48.9 Å². The second-order valence-corrected chi connectivity index (χ2v) is 6.62. The van der Waals surface area contributed by atoms with Crippen LogP contribution in [0.5, 0.6) is 0 Å². The lowest BCUT2D eigenvalue weighted by molar-refractivity contribution is -0.176. The highest BCUT2D eigenvalue weighted by molar-refractivity contribution is 14.0. The Bertz CT molecular complexity index is 565. The summed E-state index contributed by atoms with van der Waals surface area (Å²) in [5.74, 6) is 0.743. The summed E-state index contributed by atoms with van der Waals surface area (Å²) in [6.45, 7) is 7.96. The smallest absolute Gasteiger partial charge is 0.367 e. The van der Waals surface area contributed by atoms with Gasteiger partial charge in [0, 0.05) is 25.7 Å². The second-order valence-electron chi connectivity index (χ2n) is 6.62. The monoisotopic (exact) mass is 516 g/mol. The van der Waals surface area contributed by atoms with Crippen molar-refractivity contribution in [1.82, 2.24) is 15.5 Å². The summed E-state index contributed by atoms with van der Waals surface area (Å²) in [7, 11) is 2.08. The van der Waals surface area contributed by atoms with Crippen molar-refractivity contribution in [2.24, 2.45) is 4.99 Å². The summed E-state index contributed by atoms with van der Waals surface area (Å²) in [5, 5.41) is 6.50. The number of rotatable bonds is 10. The van der Waals surface area contributed by atoms with E-state index >= 15 is 0 Å². The van der Waals surface area contributed by atoms with Crippen LogP contribution >= 0.6 is 24.0 Å². The molecule has 0 radical (unpaired) electrons. The van der Waals surface area contributed by atoms with Gasteiger partial charge >= 0.3 is 6.18 Å². The van der Waals surface area contributed by atoms with Crippen molar-refractivity contribution >= 4 is 29.9 Å². The lowest BCUT2D eigenvalue weighted by atomic mass is 10.1. The van der Waals surface area contributed by atoms with E-state index in [4.69, 9.17) is 0 Å². The van der Waals surface area contributed by atoms with Crippen molar-refractivity contribution in [2.45, 2.75) is 46.1 Å². The normalized spacial score (nSPS) is 12.2. The van der Waals surface area contributed by atoms with E-state index in [9.17, 15) is 13.2 Å². The quantitative estimate of drug-likeness (QED) is 0.283. The Labute approximate surface area is 183 Å². The largest absolute Gasteiger partial charge is 0.411 e.